The van der Waals surface area contributed by atoms with Crippen molar-refractivity contribution in [3.05, 3.63) is 90.3 Å². The first-order valence-corrected chi connectivity index (χ1v) is 16.1. The van der Waals surface area contributed by atoms with Crippen molar-refractivity contribution < 1.29 is 23.6 Å². The van der Waals surface area contributed by atoms with Crippen LogP contribution in [0.5, 0.6) is 5.75 Å². The summed E-state index contributed by atoms with van der Waals surface area (Å²) in [5.41, 5.74) is 5.67. The van der Waals surface area contributed by atoms with E-state index in [2.05, 4.69) is 42.5 Å². The summed E-state index contributed by atoms with van der Waals surface area (Å²) in [5.74, 6) is 0.979. The third kappa shape index (κ3) is 7.43. The van der Waals surface area contributed by atoms with Crippen LogP contribution < -0.4 is 20.7 Å². The zero-order valence-corrected chi connectivity index (χ0v) is 26.5. The maximum absolute atomic E-state index is 12.7. The van der Waals surface area contributed by atoms with Gasteiger partial charge in [0.05, 0.1) is 41.2 Å². The largest absolute Gasteiger partial charge is 0.492 e. The number of aromatic nitrogens is 3. The van der Waals surface area contributed by atoms with Crippen LogP contribution in [0.2, 0.25) is 0 Å². The minimum atomic E-state index is -0.450. The van der Waals surface area contributed by atoms with Crippen LogP contribution in [0.15, 0.2) is 83.5 Å². The number of morpholine rings is 1. The lowest BCUT2D eigenvalue weighted by atomic mass is 10.1. The average Bonchev–Trinajstić information content (AvgIpc) is 3.77. The normalized spacial score (nSPS) is 13.6. The number of anilines is 3. The molecule has 6 aromatic rings. The van der Waals surface area contributed by atoms with Crippen molar-refractivity contribution in [3.63, 3.8) is 0 Å². The molecule has 0 bridgehead atoms. The zero-order valence-electron chi connectivity index (χ0n) is 25.7. The Hall–Kier alpha value is -5.24. The Labute approximate surface area is 274 Å². The lowest BCUT2D eigenvalue weighted by Crippen LogP contribution is -2.38. The van der Waals surface area contributed by atoms with Crippen LogP contribution in [0.4, 0.5) is 22.1 Å². The molecular formula is C34H33N7O5S. The van der Waals surface area contributed by atoms with E-state index >= 15 is 0 Å². The Morgan fingerprint density at radius 3 is 2.47 bits per heavy atom. The van der Waals surface area contributed by atoms with E-state index in [1.807, 2.05) is 36.5 Å². The van der Waals surface area contributed by atoms with Crippen molar-refractivity contribution in [1.29, 1.82) is 0 Å². The molecule has 4 heterocycles. The van der Waals surface area contributed by atoms with E-state index in [0.29, 0.717) is 23.7 Å². The number of fused-ring (bicyclic) bond motifs is 3. The molecule has 0 saturated carbocycles. The number of carbonyl (C=O) groups excluding carboxylic acids is 2. The molecule has 12 nitrogen and oxygen atoms in total. The first kappa shape index (κ1) is 30.4. The monoisotopic (exact) mass is 651 g/mol. The third-order valence-electron chi connectivity index (χ3n) is 7.75. The second-order valence-electron chi connectivity index (χ2n) is 11.2. The Bertz CT molecular complexity index is 2010. The van der Waals surface area contributed by atoms with E-state index in [9.17, 15) is 9.59 Å². The first-order chi connectivity index (χ1) is 22.9. The number of imidazole rings is 1. The molecule has 3 N–H and O–H groups in total. The highest BCUT2D eigenvalue weighted by Crippen LogP contribution is 2.32. The van der Waals surface area contributed by atoms with Crippen molar-refractivity contribution in [3.8, 4) is 17.0 Å². The van der Waals surface area contributed by atoms with Crippen LogP contribution in [-0.4, -0.2) is 70.8 Å². The molecule has 7 rings (SSSR count). The second kappa shape index (κ2) is 13.6. The number of hydrogen-bond acceptors (Lipinski definition) is 9. The molecule has 3 aromatic carbocycles. The Morgan fingerprint density at radius 2 is 1.70 bits per heavy atom. The SMILES string of the molecule is Cc1cc(NC(=O)Nc2ccc(CC(=O)Nc3ccc(-c4cn5c(n4)sc4cc(OCCN6CCOCC6)ccc45)cc3)cc2)on1. The third-order valence-corrected chi connectivity index (χ3v) is 8.77. The maximum atomic E-state index is 12.7. The minimum Gasteiger partial charge on any atom is -0.492 e. The average molecular weight is 652 g/mol. The van der Waals surface area contributed by atoms with E-state index in [-0.39, 0.29) is 18.2 Å². The molecular weight excluding hydrogens is 618 g/mol. The van der Waals surface area contributed by atoms with Crippen LogP contribution >= 0.6 is 11.3 Å². The molecule has 0 radical (unpaired) electrons. The Balaban J connectivity index is 0.915. The van der Waals surface area contributed by atoms with Crippen molar-refractivity contribution >= 4 is 55.7 Å². The van der Waals surface area contributed by atoms with E-state index in [1.165, 1.54) is 0 Å². The van der Waals surface area contributed by atoms with Crippen molar-refractivity contribution in [2.24, 2.45) is 0 Å². The first-order valence-electron chi connectivity index (χ1n) is 15.3. The van der Waals surface area contributed by atoms with Gasteiger partial charge in [0, 0.05) is 48.8 Å². The second-order valence-corrected chi connectivity index (χ2v) is 12.2. The molecule has 0 spiro atoms. The number of aryl methyl sites for hydroxylation is 1. The summed E-state index contributed by atoms with van der Waals surface area (Å²) in [6.07, 6.45) is 2.23. The molecule has 47 heavy (non-hydrogen) atoms. The number of urea groups is 1. The molecule has 3 amide bonds. The summed E-state index contributed by atoms with van der Waals surface area (Å²) >= 11 is 1.63. The summed E-state index contributed by atoms with van der Waals surface area (Å²) in [4.78, 5) is 33.0. The highest BCUT2D eigenvalue weighted by atomic mass is 32.1. The fourth-order valence-corrected chi connectivity index (χ4v) is 6.38. The summed E-state index contributed by atoms with van der Waals surface area (Å²) < 4.78 is 19.7. The zero-order chi connectivity index (χ0) is 32.2. The van der Waals surface area contributed by atoms with Crippen LogP contribution in [0.1, 0.15) is 11.3 Å². The van der Waals surface area contributed by atoms with Gasteiger partial charge in [-0.25, -0.2) is 9.78 Å². The lowest BCUT2D eigenvalue weighted by molar-refractivity contribution is -0.115. The highest BCUT2D eigenvalue weighted by Gasteiger charge is 2.14. The number of hydrogen-bond donors (Lipinski definition) is 3. The van der Waals surface area contributed by atoms with Gasteiger partial charge in [-0.15, -0.1) is 0 Å². The summed E-state index contributed by atoms with van der Waals surface area (Å²) in [6, 6.07) is 22.1. The molecule has 1 fully saturated rings. The number of benzene rings is 3. The van der Waals surface area contributed by atoms with E-state index in [1.54, 1.807) is 48.6 Å². The van der Waals surface area contributed by atoms with Gasteiger partial charge in [0.1, 0.15) is 12.4 Å². The van der Waals surface area contributed by atoms with Crippen LogP contribution in [0.3, 0.4) is 0 Å². The quantitative estimate of drug-likeness (QED) is 0.163. The number of carbonyl (C=O) groups is 2. The molecule has 1 aliphatic rings. The molecule has 0 unspecified atom stereocenters. The molecule has 0 aliphatic carbocycles. The Morgan fingerprint density at radius 1 is 0.936 bits per heavy atom. The summed E-state index contributed by atoms with van der Waals surface area (Å²) in [6.45, 7) is 6.79. The van der Waals surface area contributed by atoms with Gasteiger partial charge >= 0.3 is 6.03 Å². The number of thiazole rings is 1. The predicted octanol–water partition coefficient (Wildman–Crippen LogP) is 6.05. The summed E-state index contributed by atoms with van der Waals surface area (Å²) in [7, 11) is 0. The van der Waals surface area contributed by atoms with Crippen molar-refractivity contribution in [1.82, 2.24) is 19.4 Å². The van der Waals surface area contributed by atoms with Crippen molar-refractivity contribution in [2.75, 3.05) is 55.4 Å². The van der Waals surface area contributed by atoms with E-state index in [0.717, 1.165) is 70.6 Å². The highest BCUT2D eigenvalue weighted by molar-refractivity contribution is 7.23. The van der Waals surface area contributed by atoms with Crippen molar-refractivity contribution in [2.45, 2.75) is 13.3 Å². The molecule has 13 heteroatoms. The lowest BCUT2D eigenvalue weighted by Gasteiger charge is -2.26. The maximum Gasteiger partial charge on any atom is 0.326 e. The number of amides is 3. The van der Waals surface area contributed by atoms with Crippen LogP contribution in [0, 0.1) is 6.92 Å². The number of nitrogens with zero attached hydrogens (tertiary/aromatic N) is 4. The summed E-state index contributed by atoms with van der Waals surface area (Å²) in [5, 5.41) is 12.0. The van der Waals surface area contributed by atoms with Gasteiger partial charge in [0.15, 0.2) is 4.96 Å². The van der Waals surface area contributed by atoms with Crippen LogP contribution in [-0.2, 0) is 16.0 Å². The fourth-order valence-electron chi connectivity index (χ4n) is 5.35. The van der Waals surface area contributed by atoms with Gasteiger partial charge in [-0.1, -0.05) is 40.8 Å². The van der Waals surface area contributed by atoms with Crippen LogP contribution in [0.25, 0.3) is 26.4 Å². The number of rotatable bonds is 10. The van der Waals surface area contributed by atoms with Gasteiger partial charge in [0.2, 0.25) is 11.8 Å². The fraction of sp³-hybridized carbons (Fsp3) is 0.235. The number of ether oxygens (including phenoxy) is 2. The van der Waals surface area contributed by atoms with Gasteiger partial charge < -0.3 is 24.6 Å². The number of nitrogens with one attached hydrogen (secondary N) is 3. The molecule has 1 saturated heterocycles. The van der Waals surface area contributed by atoms with Gasteiger partial charge in [-0.05, 0) is 55.0 Å². The topological polar surface area (TPSA) is 135 Å². The minimum absolute atomic E-state index is 0.143. The predicted molar refractivity (Wildman–Crippen MR) is 181 cm³/mol. The molecule has 0 atom stereocenters. The standard InChI is InChI=1S/C34H33N7O5S/c1-22-18-32(46-39-22)38-33(43)36-26-6-2-23(3-7-26)19-31(42)35-25-8-4-24(5-9-25)28-21-41-29-11-10-27(20-30(29)47-34(41)37-28)45-17-14-40-12-15-44-16-13-40/h2-11,18,20-21H,12-17,19H2,1H3,(H,35,42)(H2,36,38,43). The smallest absolute Gasteiger partial charge is 0.326 e. The van der Waals surface area contributed by atoms with E-state index in [4.69, 9.17) is 19.0 Å². The van der Waals surface area contributed by atoms with E-state index < -0.39 is 6.03 Å². The molecule has 240 valence electrons. The van der Waals surface area contributed by atoms with Gasteiger partial charge in [-0.3, -0.25) is 19.4 Å². The van der Waals surface area contributed by atoms with Gasteiger partial charge in [0.25, 0.3) is 0 Å². The Kier molecular flexibility index (Phi) is 8.82. The molecule has 1 aliphatic heterocycles. The molecule has 3 aromatic heterocycles. The van der Waals surface area contributed by atoms with Gasteiger partial charge in [-0.2, -0.15) is 0 Å².